The van der Waals surface area contributed by atoms with Gasteiger partial charge in [-0.3, -0.25) is 9.55 Å². The van der Waals surface area contributed by atoms with Crippen LogP contribution in [0.25, 0.3) is 28.7 Å². The first-order valence-electron chi connectivity index (χ1n) is 10.6. The molecule has 170 valence electrons. The topological polar surface area (TPSA) is 147 Å². The molecule has 5 aromatic heterocycles. The zero-order valence-electron chi connectivity index (χ0n) is 18.9. The summed E-state index contributed by atoms with van der Waals surface area (Å²) in [6, 6.07) is 3.93. The van der Waals surface area contributed by atoms with Gasteiger partial charge in [-0.2, -0.15) is 4.98 Å². The fraction of sp³-hybridized carbons (Fsp3) is 0.217. The summed E-state index contributed by atoms with van der Waals surface area (Å²) in [5, 5.41) is 4.29. The van der Waals surface area contributed by atoms with Gasteiger partial charge in [-0.25, -0.2) is 24.9 Å². The van der Waals surface area contributed by atoms with Crippen LogP contribution in [0.3, 0.4) is 0 Å². The third-order valence-corrected chi connectivity index (χ3v) is 6.00. The third-order valence-electron chi connectivity index (χ3n) is 6.00. The van der Waals surface area contributed by atoms with E-state index in [-0.39, 0.29) is 11.9 Å². The predicted molar refractivity (Wildman–Crippen MR) is 123 cm³/mol. The second-order valence-electron chi connectivity index (χ2n) is 8.27. The number of anilines is 1. The Kier molecular flexibility index (Phi) is 5.28. The number of imidazole rings is 1. The fourth-order valence-electron chi connectivity index (χ4n) is 3.56. The van der Waals surface area contributed by atoms with E-state index in [1.54, 1.807) is 48.1 Å². The molecule has 1 atom stereocenters. The molecule has 0 fully saturated rings. The van der Waals surface area contributed by atoms with E-state index >= 15 is 0 Å². The SMILES string of the molecule is CC(C)C(C)(c1ccc(-c2cnc(N)nc2)nc1)c1noc(-c2cnc(-n3ccnc3)cn2)n1. The number of aromatic nitrogens is 9. The minimum atomic E-state index is -0.547. The Balaban J connectivity index is 1.44. The summed E-state index contributed by atoms with van der Waals surface area (Å²) in [6.07, 6.45) is 13.5. The molecule has 2 N–H and O–H groups in total. The predicted octanol–water partition coefficient (Wildman–Crippen LogP) is 3.11. The van der Waals surface area contributed by atoms with E-state index in [1.807, 2.05) is 18.3 Å². The molecule has 0 amide bonds. The maximum atomic E-state index is 5.58. The van der Waals surface area contributed by atoms with E-state index in [0.717, 1.165) is 16.8 Å². The largest absolute Gasteiger partial charge is 0.368 e. The molecule has 0 saturated heterocycles. The standard InChI is InChI=1S/C23H22N10O/c1-14(2)23(3,16-4-5-17(26-10-16)15-8-29-22(24)30-9-15)21-31-20(34-32-21)18-11-28-19(12-27-18)33-7-6-25-13-33/h4-14H,1-3H3,(H2,24,29,30). The van der Waals surface area contributed by atoms with Crippen molar-refractivity contribution >= 4 is 5.95 Å². The highest BCUT2D eigenvalue weighted by atomic mass is 16.5. The van der Waals surface area contributed by atoms with Crippen molar-refractivity contribution < 1.29 is 4.52 Å². The number of hydrogen-bond donors (Lipinski definition) is 1. The number of nitrogen functional groups attached to an aromatic ring is 1. The van der Waals surface area contributed by atoms with Gasteiger partial charge >= 0.3 is 0 Å². The Bertz CT molecular complexity index is 1380. The summed E-state index contributed by atoms with van der Waals surface area (Å²) in [6.45, 7) is 6.29. The minimum absolute atomic E-state index is 0.153. The molecule has 1 unspecified atom stereocenters. The minimum Gasteiger partial charge on any atom is -0.368 e. The van der Waals surface area contributed by atoms with E-state index in [4.69, 9.17) is 10.3 Å². The Morgan fingerprint density at radius 2 is 1.74 bits per heavy atom. The molecule has 0 saturated carbocycles. The average molecular weight is 454 g/mol. The van der Waals surface area contributed by atoms with Crippen LogP contribution in [0.2, 0.25) is 0 Å². The second kappa shape index (κ2) is 8.43. The molecule has 0 aliphatic carbocycles. The number of nitrogens with two attached hydrogens (primary N) is 1. The van der Waals surface area contributed by atoms with Crippen molar-refractivity contribution in [1.29, 1.82) is 0 Å². The number of pyridine rings is 1. The lowest BCUT2D eigenvalue weighted by Gasteiger charge is -2.30. The highest BCUT2D eigenvalue weighted by Gasteiger charge is 2.38. The van der Waals surface area contributed by atoms with Crippen LogP contribution in [0.5, 0.6) is 0 Å². The third kappa shape index (κ3) is 3.76. The second-order valence-corrected chi connectivity index (χ2v) is 8.27. The molecule has 5 aromatic rings. The fourth-order valence-corrected chi connectivity index (χ4v) is 3.56. The van der Waals surface area contributed by atoms with Gasteiger partial charge in [0.15, 0.2) is 11.6 Å². The van der Waals surface area contributed by atoms with Crippen LogP contribution in [0.1, 0.15) is 32.2 Å². The molecule has 0 spiro atoms. The van der Waals surface area contributed by atoms with E-state index in [1.165, 1.54) is 0 Å². The highest BCUT2D eigenvalue weighted by molar-refractivity contribution is 5.57. The Morgan fingerprint density at radius 3 is 2.35 bits per heavy atom. The summed E-state index contributed by atoms with van der Waals surface area (Å²) in [7, 11) is 0. The van der Waals surface area contributed by atoms with Gasteiger partial charge < -0.3 is 10.3 Å². The number of nitrogens with zero attached hydrogens (tertiary/aromatic N) is 9. The molecular formula is C23H22N10O. The first kappa shape index (κ1) is 21.3. The molecule has 0 aliphatic heterocycles. The van der Waals surface area contributed by atoms with Crippen molar-refractivity contribution in [3.8, 4) is 28.7 Å². The van der Waals surface area contributed by atoms with Gasteiger partial charge in [0, 0.05) is 36.5 Å². The van der Waals surface area contributed by atoms with Crippen LogP contribution in [0.15, 0.2) is 66.4 Å². The molecule has 0 radical (unpaired) electrons. The molecule has 11 heteroatoms. The highest BCUT2D eigenvalue weighted by Crippen LogP contribution is 2.38. The van der Waals surface area contributed by atoms with Crippen molar-refractivity contribution in [3.05, 3.63) is 73.2 Å². The van der Waals surface area contributed by atoms with Crippen molar-refractivity contribution in [2.45, 2.75) is 26.2 Å². The van der Waals surface area contributed by atoms with Crippen molar-refractivity contribution in [2.24, 2.45) is 5.92 Å². The van der Waals surface area contributed by atoms with Gasteiger partial charge in [0.05, 0.1) is 23.5 Å². The van der Waals surface area contributed by atoms with Crippen LogP contribution in [-0.4, -0.2) is 44.6 Å². The number of rotatable bonds is 6. The molecule has 34 heavy (non-hydrogen) atoms. The quantitative estimate of drug-likeness (QED) is 0.406. The molecule has 5 rings (SSSR count). The molecule has 5 heterocycles. The van der Waals surface area contributed by atoms with E-state index in [2.05, 4.69) is 60.8 Å². The lowest BCUT2D eigenvalue weighted by molar-refractivity contribution is 0.350. The summed E-state index contributed by atoms with van der Waals surface area (Å²) in [4.78, 5) is 30.2. The van der Waals surface area contributed by atoms with Crippen LogP contribution < -0.4 is 5.73 Å². The maximum Gasteiger partial charge on any atom is 0.278 e. The molecular weight excluding hydrogens is 432 g/mol. The van der Waals surface area contributed by atoms with Crippen LogP contribution in [0, 0.1) is 5.92 Å². The van der Waals surface area contributed by atoms with Gasteiger partial charge in [-0.1, -0.05) is 25.1 Å². The van der Waals surface area contributed by atoms with Crippen molar-refractivity contribution in [2.75, 3.05) is 5.73 Å². The van der Waals surface area contributed by atoms with Gasteiger partial charge in [0.2, 0.25) is 5.95 Å². The molecule has 0 aromatic carbocycles. The van der Waals surface area contributed by atoms with Crippen molar-refractivity contribution in [1.82, 2.24) is 44.6 Å². The summed E-state index contributed by atoms with van der Waals surface area (Å²) >= 11 is 0. The monoisotopic (exact) mass is 454 g/mol. The van der Waals surface area contributed by atoms with E-state index in [0.29, 0.717) is 23.2 Å². The molecule has 11 nitrogen and oxygen atoms in total. The van der Waals surface area contributed by atoms with Gasteiger partial charge in [-0.15, -0.1) is 0 Å². The zero-order chi connectivity index (χ0) is 23.7. The van der Waals surface area contributed by atoms with E-state index in [9.17, 15) is 0 Å². The summed E-state index contributed by atoms with van der Waals surface area (Å²) < 4.78 is 7.33. The summed E-state index contributed by atoms with van der Waals surface area (Å²) in [5.74, 6) is 1.87. The lowest BCUT2D eigenvalue weighted by atomic mass is 9.73. The van der Waals surface area contributed by atoms with E-state index < -0.39 is 5.41 Å². The van der Waals surface area contributed by atoms with Crippen LogP contribution >= 0.6 is 0 Å². The Hall–Kier alpha value is -4.54. The smallest absolute Gasteiger partial charge is 0.278 e. The first-order valence-corrected chi connectivity index (χ1v) is 10.6. The lowest BCUT2D eigenvalue weighted by Crippen LogP contribution is -2.31. The molecule has 0 aliphatic rings. The maximum absolute atomic E-state index is 5.58. The zero-order valence-corrected chi connectivity index (χ0v) is 18.9. The van der Waals surface area contributed by atoms with Gasteiger partial charge in [0.1, 0.15) is 12.0 Å². The normalized spacial score (nSPS) is 13.2. The van der Waals surface area contributed by atoms with Crippen molar-refractivity contribution in [3.63, 3.8) is 0 Å². The van der Waals surface area contributed by atoms with Crippen LogP contribution in [-0.2, 0) is 5.41 Å². The Labute approximate surface area is 195 Å². The Morgan fingerprint density at radius 1 is 0.941 bits per heavy atom. The van der Waals surface area contributed by atoms with Gasteiger partial charge in [0.25, 0.3) is 5.89 Å². The molecule has 0 bridgehead atoms. The van der Waals surface area contributed by atoms with Crippen LogP contribution in [0.4, 0.5) is 5.95 Å². The first-order chi connectivity index (χ1) is 16.4. The summed E-state index contributed by atoms with van der Waals surface area (Å²) in [5.41, 5.74) is 8.01. The number of hydrogen-bond acceptors (Lipinski definition) is 10. The van der Waals surface area contributed by atoms with Gasteiger partial charge in [-0.05, 0) is 24.5 Å². The average Bonchev–Trinajstić information content (AvgIpc) is 3.57.